The summed E-state index contributed by atoms with van der Waals surface area (Å²) in [7, 11) is 0. The lowest BCUT2D eigenvalue weighted by atomic mass is 9.90. The first-order valence-corrected chi connectivity index (χ1v) is 9.50. The molecule has 3 rings (SSSR count). The second-order valence-corrected chi connectivity index (χ2v) is 8.30. The number of nitrogens with one attached hydrogen (secondary N) is 1. The Morgan fingerprint density at radius 1 is 1.39 bits per heavy atom. The van der Waals surface area contributed by atoms with E-state index in [0.29, 0.717) is 12.0 Å². The highest BCUT2D eigenvalue weighted by Crippen LogP contribution is 2.26. The van der Waals surface area contributed by atoms with E-state index < -0.39 is 6.10 Å². The summed E-state index contributed by atoms with van der Waals surface area (Å²) in [6, 6.07) is 0.317. The van der Waals surface area contributed by atoms with Crippen molar-refractivity contribution in [2.75, 3.05) is 13.1 Å². The Labute approximate surface area is 142 Å². The van der Waals surface area contributed by atoms with Crippen molar-refractivity contribution in [3.8, 4) is 0 Å². The molecule has 0 spiro atoms. The van der Waals surface area contributed by atoms with Crippen LogP contribution in [0.15, 0.2) is 6.20 Å². The molecule has 2 fully saturated rings. The van der Waals surface area contributed by atoms with Crippen LogP contribution in [0.25, 0.3) is 0 Å². The lowest BCUT2D eigenvalue weighted by Gasteiger charge is -2.33. The van der Waals surface area contributed by atoms with Crippen molar-refractivity contribution < 1.29 is 9.90 Å². The van der Waals surface area contributed by atoms with Gasteiger partial charge in [0.25, 0.3) is 0 Å². The molecule has 1 aromatic heterocycles. The Morgan fingerprint density at radius 2 is 2.09 bits per heavy atom. The van der Waals surface area contributed by atoms with E-state index in [2.05, 4.69) is 29.0 Å². The summed E-state index contributed by atoms with van der Waals surface area (Å²) in [6.07, 6.45) is 5.02. The van der Waals surface area contributed by atoms with Crippen LogP contribution in [0.5, 0.6) is 0 Å². The molecule has 1 aromatic rings. The lowest BCUT2D eigenvalue weighted by molar-refractivity contribution is -0.133. The predicted octanol–water partition coefficient (Wildman–Crippen LogP) is 2.12. The summed E-state index contributed by atoms with van der Waals surface area (Å²) >= 11 is 1.79. The highest BCUT2D eigenvalue weighted by atomic mass is 32.1. The predicted molar refractivity (Wildman–Crippen MR) is 91.4 cm³/mol. The van der Waals surface area contributed by atoms with E-state index in [0.717, 1.165) is 45.3 Å². The Balaban J connectivity index is 1.44. The van der Waals surface area contributed by atoms with Crippen molar-refractivity contribution in [2.45, 2.75) is 64.1 Å². The van der Waals surface area contributed by atoms with Crippen molar-refractivity contribution in [3.63, 3.8) is 0 Å². The molecule has 0 unspecified atom stereocenters. The number of piperidine rings is 1. The number of aliphatic hydroxyl groups excluding tert-OH is 1. The Kier molecular flexibility index (Phi) is 5.34. The molecule has 2 N–H and O–H groups in total. The third-order valence-electron chi connectivity index (χ3n) is 4.77. The van der Waals surface area contributed by atoms with Crippen LogP contribution in [-0.4, -0.2) is 46.1 Å². The van der Waals surface area contributed by atoms with E-state index in [1.807, 2.05) is 6.20 Å². The van der Waals surface area contributed by atoms with E-state index >= 15 is 0 Å². The molecule has 1 saturated heterocycles. The SMILES string of the molecule is CC(C)c1cnc(CN2CCC([C@@H](O)C(=O)NC3CC3)CC2)s1. The molecule has 2 aliphatic rings. The molecule has 23 heavy (non-hydrogen) atoms. The molecule has 1 aliphatic heterocycles. The summed E-state index contributed by atoms with van der Waals surface area (Å²) in [5.74, 6) is 0.451. The van der Waals surface area contributed by atoms with Gasteiger partial charge in [0, 0.05) is 17.1 Å². The molecule has 6 heteroatoms. The number of thiazole rings is 1. The van der Waals surface area contributed by atoms with E-state index in [-0.39, 0.29) is 11.8 Å². The number of nitrogens with zero attached hydrogens (tertiary/aromatic N) is 2. The third kappa shape index (κ3) is 4.52. The van der Waals surface area contributed by atoms with Crippen molar-refractivity contribution in [3.05, 3.63) is 16.1 Å². The molecule has 0 bridgehead atoms. The number of hydrogen-bond acceptors (Lipinski definition) is 5. The highest BCUT2D eigenvalue weighted by Gasteiger charge is 2.33. The third-order valence-corrected chi connectivity index (χ3v) is 6.05. The average Bonchev–Trinajstić information content (AvgIpc) is 3.22. The number of rotatable bonds is 6. The maximum Gasteiger partial charge on any atom is 0.249 e. The monoisotopic (exact) mass is 337 g/mol. The Bertz CT molecular complexity index is 534. The number of carbonyl (C=O) groups excluding carboxylic acids is 1. The zero-order chi connectivity index (χ0) is 16.4. The topological polar surface area (TPSA) is 65.5 Å². The number of aliphatic hydroxyl groups is 1. The average molecular weight is 337 g/mol. The first-order chi connectivity index (χ1) is 11.0. The molecule has 1 aliphatic carbocycles. The summed E-state index contributed by atoms with van der Waals surface area (Å²) in [4.78, 5) is 20.2. The fraction of sp³-hybridized carbons (Fsp3) is 0.765. The molecule has 1 saturated carbocycles. The summed E-state index contributed by atoms with van der Waals surface area (Å²) in [5, 5.41) is 14.3. The second kappa shape index (κ2) is 7.28. The molecule has 0 radical (unpaired) electrons. The van der Waals surface area contributed by atoms with Gasteiger partial charge in [-0.1, -0.05) is 13.8 Å². The standard InChI is InChI=1S/C17H27N3O2S/c1-11(2)14-9-18-15(23-14)10-20-7-5-12(6-8-20)16(21)17(22)19-13-3-4-13/h9,11-13,16,21H,3-8,10H2,1-2H3,(H,19,22)/t16-/m1/s1. The summed E-state index contributed by atoms with van der Waals surface area (Å²) in [5.41, 5.74) is 0. The van der Waals surface area contributed by atoms with E-state index in [1.165, 1.54) is 9.88 Å². The fourth-order valence-electron chi connectivity index (χ4n) is 3.01. The number of aromatic nitrogens is 1. The first-order valence-electron chi connectivity index (χ1n) is 8.68. The quantitative estimate of drug-likeness (QED) is 0.834. The van der Waals surface area contributed by atoms with Crippen molar-refractivity contribution in [1.82, 2.24) is 15.2 Å². The summed E-state index contributed by atoms with van der Waals surface area (Å²) in [6.45, 7) is 7.12. The zero-order valence-corrected chi connectivity index (χ0v) is 14.8. The number of carbonyl (C=O) groups is 1. The molecule has 2 heterocycles. The van der Waals surface area contributed by atoms with Crippen LogP contribution in [0.4, 0.5) is 0 Å². The van der Waals surface area contributed by atoms with Gasteiger partial charge < -0.3 is 10.4 Å². The van der Waals surface area contributed by atoms with Gasteiger partial charge in [-0.2, -0.15) is 0 Å². The zero-order valence-electron chi connectivity index (χ0n) is 14.0. The minimum absolute atomic E-state index is 0.0903. The van der Waals surface area contributed by atoms with Crippen LogP contribution in [0.1, 0.15) is 55.3 Å². The molecule has 1 atom stereocenters. The summed E-state index contributed by atoms with van der Waals surface area (Å²) < 4.78 is 0. The highest BCUT2D eigenvalue weighted by molar-refractivity contribution is 7.11. The molecular formula is C17H27N3O2S. The smallest absolute Gasteiger partial charge is 0.249 e. The van der Waals surface area contributed by atoms with Crippen molar-refractivity contribution in [2.24, 2.45) is 5.92 Å². The van der Waals surface area contributed by atoms with Crippen LogP contribution in [0.2, 0.25) is 0 Å². The minimum Gasteiger partial charge on any atom is -0.383 e. The first kappa shape index (κ1) is 16.9. The molecule has 0 aromatic carbocycles. The largest absolute Gasteiger partial charge is 0.383 e. The van der Waals surface area contributed by atoms with Crippen LogP contribution in [-0.2, 0) is 11.3 Å². The van der Waals surface area contributed by atoms with Crippen LogP contribution < -0.4 is 5.32 Å². The van der Waals surface area contributed by atoms with Gasteiger partial charge in [-0.3, -0.25) is 9.69 Å². The second-order valence-electron chi connectivity index (χ2n) is 7.15. The van der Waals surface area contributed by atoms with E-state index in [9.17, 15) is 9.90 Å². The maximum atomic E-state index is 11.9. The number of likely N-dealkylation sites (tertiary alicyclic amines) is 1. The van der Waals surface area contributed by atoms with Gasteiger partial charge in [-0.05, 0) is 50.6 Å². The Morgan fingerprint density at radius 3 is 2.65 bits per heavy atom. The van der Waals surface area contributed by atoms with Gasteiger partial charge in [0.2, 0.25) is 5.91 Å². The molecule has 128 valence electrons. The van der Waals surface area contributed by atoms with Gasteiger partial charge >= 0.3 is 0 Å². The fourth-order valence-corrected chi connectivity index (χ4v) is 3.98. The lowest BCUT2D eigenvalue weighted by Crippen LogP contribution is -2.44. The van der Waals surface area contributed by atoms with Crippen molar-refractivity contribution >= 4 is 17.2 Å². The molecule has 5 nitrogen and oxygen atoms in total. The van der Waals surface area contributed by atoms with Crippen LogP contribution >= 0.6 is 11.3 Å². The van der Waals surface area contributed by atoms with Crippen LogP contribution in [0.3, 0.4) is 0 Å². The van der Waals surface area contributed by atoms with Gasteiger partial charge in [-0.15, -0.1) is 11.3 Å². The van der Waals surface area contributed by atoms with Gasteiger partial charge in [0.1, 0.15) is 11.1 Å². The van der Waals surface area contributed by atoms with Gasteiger partial charge in [0.05, 0.1) is 6.54 Å². The molecule has 1 amide bonds. The Hall–Kier alpha value is -0.980. The van der Waals surface area contributed by atoms with Gasteiger partial charge in [0.15, 0.2) is 0 Å². The molecular weight excluding hydrogens is 310 g/mol. The normalized spacial score (nSPS) is 21.6. The van der Waals surface area contributed by atoms with Gasteiger partial charge in [-0.25, -0.2) is 4.98 Å². The van der Waals surface area contributed by atoms with Crippen molar-refractivity contribution in [1.29, 1.82) is 0 Å². The van der Waals surface area contributed by atoms with E-state index in [4.69, 9.17) is 0 Å². The number of hydrogen-bond donors (Lipinski definition) is 2. The van der Waals surface area contributed by atoms with Crippen LogP contribution in [0, 0.1) is 5.92 Å². The minimum atomic E-state index is -0.842. The number of amides is 1. The van der Waals surface area contributed by atoms with E-state index in [1.54, 1.807) is 11.3 Å². The maximum absolute atomic E-state index is 11.9.